The molecule has 0 spiro atoms. The average Bonchev–Trinajstić information content (AvgIpc) is 2.78. The lowest BCUT2D eigenvalue weighted by Crippen LogP contribution is -2.15. The van der Waals surface area contributed by atoms with Gasteiger partial charge < -0.3 is 14.2 Å². The smallest absolute Gasteiger partial charge is 0.0834 e. The molecule has 11 heavy (non-hydrogen) atoms. The Bertz CT molecular complexity index is 115. The van der Waals surface area contributed by atoms with E-state index in [0.29, 0.717) is 18.3 Å². The number of ether oxygens (including phenoxy) is 3. The van der Waals surface area contributed by atoms with Crippen LogP contribution < -0.4 is 0 Å². The fraction of sp³-hybridized carbons (Fsp3) is 1.00. The van der Waals surface area contributed by atoms with Gasteiger partial charge in [0, 0.05) is 20.0 Å². The van der Waals surface area contributed by atoms with Crippen LogP contribution in [0.2, 0.25) is 0 Å². The highest BCUT2D eigenvalue weighted by molar-refractivity contribution is 4.80. The van der Waals surface area contributed by atoms with Crippen molar-refractivity contribution in [2.45, 2.75) is 31.2 Å². The summed E-state index contributed by atoms with van der Waals surface area (Å²) in [6.07, 6.45) is 3.36. The molecule has 3 nitrogen and oxygen atoms in total. The zero-order valence-electron chi connectivity index (χ0n) is 6.79. The van der Waals surface area contributed by atoms with Crippen molar-refractivity contribution >= 4 is 0 Å². The number of rotatable bonds is 5. The van der Waals surface area contributed by atoms with Gasteiger partial charge in [-0.1, -0.05) is 0 Å². The molecular formula is C8H14O3. The highest BCUT2D eigenvalue weighted by atomic mass is 16.6. The van der Waals surface area contributed by atoms with Crippen LogP contribution in [-0.2, 0) is 14.2 Å². The molecule has 2 fully saturated rings. The largest absolute Gasteiger partial charge is 0.381 e. The van der Waals surface area contributed by atoms with Crippen molar-refractivity contribution in [1.29, 1.82) is 0 Å². The van der Waals surface area contributed by atoms with Crippen LogP contribution in [0.25, 0.3) is 0 Å². The molecular weight excluding hydrogens is 144 g/mol. The predicted octanol–water partition coefficient (Wildman–Crippen LogP) is 0.579. The summed E-state index contributed by atoms with van der Waals surface area (Å²) in [5.74, 6) is 0. The van der Waals surface area contributed by atoms with Crippen molar-refractivity contribution < 1.29 is 14.2 Å². The molecule has 0 amide bonds. The Morgan fingerprint density at radius 2 is 1.73 bits per heavy atom. The highest BCUT2D eigenvalue weighted by Gasteiger charge is 2.31. The van der Waals surface area contributed by atoms with E-state index < -0.39 is 0 Å². The first kappa shape index (κ1) is 7.53. The third kappa shape index (κ3) is 2.43. The van der Waals surface area contributed by atoms with Gasteiger partial charge in [-0.25, -0.2) is 0 Å². The maximum atomic E-state index is 5.29. The minimum absolute atomic E-state index is 0.343. The molecule has 2 unspecified atom stereocenters. The molecule has 0 aromatic heterocycles. The predicted molar refractivity (Wildman–Crippen MR) is 39.5 cm³/mol. The number of epoxide rings is 2. The van der Waals surface area contributed by atoms with Crippen molar-refractivity contribution in [2.75, 3.05) is 20.3 Å². The molecule has 2 aliphatic heterocycles. The summed E-state index contributed by atoms with van der Waals surface area (Å²) in [5, 5.41) is 0. The molecule has 64 valence electrons. The van der Waals surface area contributed by atoms with Gasteiger partial charge in [0.25, 0.3) is 0 Å². The van der Waals surface area contributed by atoms with Crippen LogP contribution in [0, 0.1) is 0 Å². The summed E-state index contributed by atoms with van der Waals surface area (Å²) in [6, 6.07) is 0. The molecule has 0 saturated carbocycles. The Kier molecular flexibility index (Phi) is 2.11. The lowest BCUT2D eigenvalue weighted by molar-refractivity contribution is 0.0741. The van der Waals surface area contributed by atoms with Gasteiger partial charge in [0.05, 0.1) is 31.5 Å². The van der Waals surface area contributed by atoms with Crippen LogP contribution in [0.1, 0.15) is 12.8 Å². The van der Waals surface area contributed by atoms with Gasteiger partial charge in [-0.05, 0) is 0 Å². The molecule has 2 heterocycles. The molecule has 2 atom stereocenters. The van der Waals surface area contributed by atoms with Gasteiger partial charge >= 0.3 is 0 Å². The number of hydrogen-bond acceptors (Lipinski definition) is 3. The van der Waals surface area contributed by atoms with E-state index in [1.54, 1.807) is 7.11 Å². The van der Waals surface area contributed by atoms with Crippen LogP contribution >= 0.6 is 0 Å². The molecule has 0 N–H and O–H groups in total. The average molecular weight is 158 g/mol. The second kappa shape index (κ2) is 3.09. The second-order valence-electron chi connectivity index (χ2n) is 3.24. The molecule has 0 radical (unpaired) electrons. The Labute approximate surface area is 66.6 Å². The van der Waals surface area contributed by atoms with Crippen LogP contribution in [-0.4, -0.2) is 38.6 Å². The van der Waals surface area contributed by atoms with Gasteiger partial charge in [-0.2, -0.15) is 0 Å². The Balaban J connectivity index is 1.65. The first-order valence-electron chi connectivity index (χ1n) is 4.14. The van der Waals surface area contributed by atoms with Gasteiger partial charge in [0.1, 0.15) is 0 Å². The van der Waals surface area contributed by atoms with Crippen LogP contribution in [0.15, 0.2) is 0 Å². The molecule has 0 bridgehead atoms. The van der Waals surface area contributed by atoms with E-state index in [4.69, 9.17) is 14.2 Å². The van der Waals surface area contributed by atoms with Crippen LogP contribution in [0.3, 0.4) is 0 Å². The molecule has 0 aliphatic carbocycles. The number of hydrogen-bond donors (Lipinski definition) is 0. The minimum atomic E-state index is 0.343. The first-order chi connectivity index (χ1) is 5.38. The first-order valence-corrected chi connectivity index (χ1v) is 4.14. The van der Waals surface area contributed by atoms with E-state index in [0.717, 1.165) is 26.1 Å². The van der Waals surface area contributed by atoms with E-state index in [1.807, 2.05) is 0 Å². The summed E-state index contributed by atoms with van der Waals surface area (Å²) >= 11 is 0. The zero-order chi connectivity index (χ0) is 7.68. The monoisotopic (exact) mass is 158 g/mol. The van der Waals surface area contributed by atoms with Crippen LogP contribution in [0.5, 0.6) is 0 Å². The summed E-state index contributed by atoms with van der Waals surface area (Å²) in [6.45, 7) is 1.84. The van der Waals surface area contributed by atoms with Crippen molar-refractivity contribution in [3.8, 4) is 0 Å². The zero-order valence-corrected chi connectivity index (χ0v) is 6.79. The Hall–Kier alpha value is -0.120. The third-order valence-electron chi connectivity index (χ3n) is 2.19. The maximum Gasteiger partial charge on any atom is 0.0834 e. The molecule has 2 saturated heterocycles. The molecule has 0 aromatic rings. The second-order valence-corrected chi connectivity index (χ2v) is 3.24. The molecule has 0 aromatic carbocycles. The quantitative estimate of drug-likeness (QED) is 0.549. The summed E-state index contributed by atoms with van der Waals surface area (Å²) < 4.78 is 15.5. The third-order valence-corrected chi connectivity index (χ3v) is 2.19. The normalized spacial score (nSPS) is 36.8. The van der Waals surface area contributed by atoms with Crippen molar-refractivity contribution in [2.24, 2.45) is 0 Å². The minimum Gasteiger partial charge on any atom is -0.381 e. The van der Waals surface area contributed by atoms with E-state index in [1.165, 1.54) is 0 Å². The van der Waals surface area contributed by atoms with Gasteiger partial charge in [0.15, 0.2) is 0 Å². The molecule has 2 aliphatic rings. The Morgan fingerprint density at radius 3 is 2.00 bits per heavy atom. The van der Waals surface area contributed by atoms with Gasteiger partial charge in [-0.15, -0.1) is 0 Å². The van der Waals surface area contributed by atoms with Crippen molar-refractivity contribution in [3.63, 3.8) is 0 Å². The lowest BCUT2D eigenvalue weighted by atomic mass is 10.1. The molecule has 2 rings (SSSR count). The Morgan fingerprint density at radius 1 is 1.27 bits per heavy atom. The highest BCUT2D eigenvalue weighted by Crippen LogP contribution is 2.24. The van der Waals surface area contributed by atoms with Crippen molar-refractivity contribution in [1.82, 2.24) is 0 Å². The van der Waals surface area contributed by atoms with E-state index in [9.17, 15) is 0 Å². The standard InChI is InChI=1S/C8H14O3/c1-9-6(2-7-4-10-7)3-8-5-11-8/h6-8H,2-5H2,1H3. The van der Waals surface area contributed by atoms with E-state index in [2.05, 4.69) is 0 Å². The summed E-state index contributed by atoms with van der Waals surface area (Å²) in [7, 11) is 1.76. The SMILES string of the molecule is COC(CC1CO1)CC1CO1. The topological polar surface area (TPSA) is 34.3 Å². The van der Waals surface area contributed by atoms with Crippen LogP contribution in [0.4, 0.5) is 0 Å². The van der Waals surface area contributed by atoms with Gasteiger partial charge in [0.2, 0.25) is 0 Å². The van der Waals surface area contributed by atoms with E-state index >= 15 is 0 Å². The fourth-order valence-corrected chi connectivity index (χ4v) is 1.28. The lowest BCUT2D eigenvalue weighted by Gasteiger charge is -2.11. The van der Waals surface area contributed by atoms with E-state index in [-0.39, 0.29) is 0 Å². The maximum absolute atomic E-state index is 5.29. The molecule has 3 heteroatoms. The summed E-state index contributed by atoms with van der Waals surface area (Å²) in [5.41, 5.74) is 0. The van der Waals surface area contributed by atoms with Gasteiger partial charge in [-0.3, -0.25) is 0 Å². The van der Waals surface area contributed by atoms with Crippen molar-refractivity contribution in [3.05, 3.63) is 0 Å². The summed E-state index contributed by atoms with van der Waals surface area (Å²) in [4.78, 5) is 0. The fourth-order valence-electron chi connectivity index (χ4n) is 1.28. The number of methoxy groups -OCH3 is 1.